The lowest BCUT2D eigenvalue weighted by atomic mass is 10.1. The molecule has 0 aliphatic carbocycles. The summed E-state index contributed by atoms with van der Waals surface area (Å²) in [6, 6.07) is 9.26. The van der Waals surface area contributed by atoms with Crippen molar-refractivity contribution in [2.45, 2.75) is 13.3 Å². The summed E-state index contributed by atoms with van der Waals surface area (Å²) in [5, 5.41) is 0. The largest absolute Gasteiger partial charge is 0.298 e. The lowest BCUT2D eigenvalue weighted by Crippen LogP contribution is -2.38. The second kappa shape index (κ2) is 4.58. The van der Waals surface area contributed by atoms with Gasteiger partial charge >= 0.3 is 0 Å². The first-order chi connectivity index (χ1) is 7.68. The number of amides is 1. The van der Waals surface area contributed by atoms with Crippen molar-refractivity contribution >= 4 is 23.1 Å². The van der Waals surface area contributed by atoms with Crippen LogP contribution < -0.4 is 0 Å². The van der Waals surface area contributed by atoms with Crippen molar-refractivity contribution in [3.63, 3.8) is 0 Å². The molecule has 0 saturated heterocycles. The van der Waals surface area contributed by atoms with E-state index in [2.05, 4.69) is 6.08 Å². The molecule has 1 aliphatic rings. The average Bonchev–Trinajstić information content (AvgIpc) is 2.32. The lowest BCUT2D eigenvalue weighted by Gasteiger charge is -2.26. The normalized spacial score (nSPS) is 15.9. The predicted molar refractivity (Wildman–Crippen MR) is 68.5 cm³/mol. The van der Waals surface area contributed by atoms with Crippen molar-refractivity contribution in [1.82, 2.24) is 4.90 Å². The van der Waals surface area contributed by atoms with Gasteiger partial charge in [0, 0.05) is 18.5 Å². The van der Waals surface area contributed by atoms with Crippen LogP contribution in [0, 0.1) is 0 Å². The lowest BCUT2D eigenvalue weighted by molar-refractivity contribution is 0.0854. The van der Waals surface area contributed by atoms with Crippen LogP contribution in [0.3, 0.4) is 0 Å². The van der Waals surface area contributed by atoms with E-state index in [1.807, 2.05) is 37.3 Å². The Bertz CT molecular complexity index is 450. The fourth-order valence-electron chi connectivity index (χ4n) is 1.70. The van der Waals surface area contributed by atoms with Crippen molar-refractivity contribution in [1.29, 1.82) is 0 Å². The van der Waals surface area contributed by atoms with Crippen LogP contribution in [0.5, 0.6) is 0 Å². The van der Waals surface area contributed by atoms with Gasteiger partial charge in [-0.1, -0.05) is 42.1 Å². The molecule has 3 heteroatoms. The van der Waals surface area contributed by atoms with Gasteiger partial charge in [-0.2, -0.15) is 0 Å². The summed E-state index contributed by atoms with van der Waals surface area (Å²) in [5.74, 6) is -0.00181. The van der Waals surface area contributed by atoms with E-state index in [-0.39, 0.29) is 5.91 Å². The van der Waals surface area contributed by atoms with Crippen LogP contribution in [0.2, 0.25) is 0 Å². The molecule has 0 aromatic heterocycles. The second-order valence-electron chi connectivity index (χ2n) is 3.91. The SMILES string of the molecule is CC1=CCC(=S)N(C(=O)c2ccccc2)C1. The van der Waals surface area contributed by atoms with Crippen LogP contribution >= 0.6 is 12.2 Å². The Labute approximate surface area is 101 Å². The van der Waals surface area contributed by atoms with E-state index in [4.69, 9.17) is 12.2 Å². The third-order valence-corrected chi connectivity index (χ3v) is 2.99. The quantitative estimate of drug-likeness (QED) is 0.547. The van der Waals surface area contributed by atoms with E-state index >= 15 is 0 Å². The standard InChI is InChI=1S/C13H13NOS/c1-10-7-8-12(16)14(9-10)13(15)11-5-3-2-4-6-11/h2-7H,8-9H2,1H3. The Morgan fingerprint density at radius 2 is 2.00 bits per heavy atom. The molecule has 1 amide bonds. The summed E-state index contributed by atoms with van der Waals surface area (Å²) < 4.78 is 0. The third kappa shape index (κ3) is 2.19. The summed E-state index contributed by atoms with van der Waals surface area (Å²) in [6.45, 7) is 2.64. The minimum atomic E-state index is -0.00181. The van der Waals surface area contributed by atoms with Crippen molar-refractivity contribution in [3.8, 4) is 0 Å². The van der Waals surface area contributed by atoms with E-state index in [1.54, 1.807) is 4.90 Å². The number of thiocarbonyl (C=S) groups is 1. The molecule has 0 bridgehead atoms. The molecular formula is C13H13NOS. The Kier molecular flexibility index (Phi) is 3.15. The molecule has 0 spiro atoms. The van der Waals surface area contributed by atoms with Crippen LogP contribution in [0.15, 0.2) is 42.0 Å². The highest BCUT2D eigenvalue weighted by Gasteiger charge is 2.21. The number of hydrogen-bond donors (Lipinski definition) is 0. The predicted octanol–water partition coefficient (Wildman–Crippen LogP) is 2.81. The smallest absolute Gasteiger partial charge is 0.258 e. The third-order valence-electron chi connectivity index (χ3n) is 2.60. The van der Waals surface area contributed by atoms with Crippen LogP contribution in [0.4, 0.5) is 0 Å². The van der Waals surface area contributed by atoms with Gasteiger partial charge in [0.15, 0.2) is 0 Å². The molecule has 2 rings (SSSR count). The van der Waals surface area contributed by atoms with Crippen molar-refractivity contribution in [3.05, 3.63) is 47.5 Å². The van der Waals surface area contributed by atoms with Crippen molar-refractivity contribution < 1.29 is 4.79 Å². The first-order valence-electron chi connectivity index (χ1n) is 5.24. The van der Waals surface area contributed by atoms with E-state index in [9.17, 15) is 4.79 Å². The molecule has 0 unspecified atom stereocenters. The van der Waals surface area contributed by atoms with Crippen LogP contribution in [-0.4, -0.2) is 22.3 Å². The van der Waals surface area contributed by atoms with Crippen LogP contribution in [0.1, 0.15) is 23.7 Å². The van der Waals surface area contributed by atoms with Gasteiger partial charge in [-0.05, 0) is 19.1 Å². The van der Waals surface area contributed by atoms with E-state index in [0.29, 0.717) is 23.5 Å². The maximum absolute atomic E-state index is 12.2. The molecule has 1 aliphatic heterocycles. The molecule has 0 fully saturated rings. The molecular weight excluding hydrogens is 218 g/mol. The molecule has 0 N–H and O–H groups in total. The monoisotopic (exact) mass is 231 g/mol. The van der Waals surface area contributed by atoms with Gasteiger partial charge in [0.05, 0.1) is 4.99 Å². The maximum atomic E-state index is 12.2. The Hall–Kier alpha value is -1.48. The molecule has 82 valence electrons. The number of carbonyl (C=O) groups excluding carboxylic acids is 1. The Balaban J connectivity index is 2.23. The minimum absolute atomic E-state index is 0.00181. The number of rotatable bonds is 1. The number of nitrogens with zero attached hydrogens (tertiary/aromatic N) is 1. The Morgan fingerprint density at radius 3 is 2.69 bits per heavy atom. The van der Waals surface area contributed by atoms with Gasteiger partial charge in [-0.25, -0.2) is 0 Å². The zero-order valence-corrected chi connectivity index (χ0v) is 9.96. The van der Waals surface area contributed by atoms with Gasteiger partial charge in [0.25, 0.3) is 5.91 Å². The molecule has 16 heavy (non-hydrogen) atoms. The van der Waals surface area contributed by atoms with Gasteiger partial charge in [-0.3, -0.25) is 9.69 Å². The fraction of sp³-hybridized carbons (Fsp3) is 0.231. The highest BCUT2D eigenvalue weighted by Crippen LogP contribution is 2.15. The van der Waals surface area contributed by atoms with E-state index in [1.165, 1.54) is 5.57 Å². The molecule has 0 atom stereocenters. The van der Waals surface area contributed by atoms with Gasteiger partial charge < -0.3 is 0 Å². The summed E-state index contributed by atoms with van der Waals surface area (Å²) >= 11 is 5.22. The molecule has 0 radical (unpaired) electrons. The van der Waals surface area contributed by atoms with Gasteiger partial charge in [-0.15, -0.1) is 0 Å². The second-order valence-corrected chi connectivity index (χ2v) is 4.38. The summed E-state index contributed by atoms with van der Waals surface area (Å²) in [6.07, 6.45) is 2.77. The Morgan fingerprint density at radius 1 is 1.31 bits per heavy atom. The molecule has 2 nitrogen and oxygen atoms in total. The molecule has 0 saturated carbocycles. The number of hydrogen-bond acceptors (Lipinski definition) is 2. The first-order valence-corrected chi connectivity index (χ1v) is 5.64. The zero-order valence-electron chi connectivity index (χ0n) is 9.14. The average molecular weight is 231 g/mol. The summed E-state index contributed by atoms with van der Waals surface area (Å²) in [4.78, 5) is 14.6. The number of benzene rings is 1. The summed E-state index contributed by atoms with van der Waals surface area (Å²) in [7, 11) is 0. The molecule has 1 heterocycles. The summed E-state index contributed by atoms with van der Waals surface area (Å²) in [5.41, 5.74) is 1.89. The highest BCUT2D eigenvalue weighted by molar-refractivity contribution is 7.80. The number of carbonyl (C=O) groups is 1. The van der Waals surface area contributed by atoms with Crippen molar-refractivity contribution in [2.75, 3.05) is 6.54 Å². The van der Waals surface area contributed by atoms with Crippen LogP contribution in [0.25, 0.3) is 0 Å². The van der Waals surface area contributed by atoms with Gasteiger partial charge in [0.1, 0.15) is 0 Å². The molecule has 1 aromatic carbocycles. The van der Waals surface area contributed by atoms with Crippen LogP contribution in [-0.2, 0) is 0 Å². The van der Waals surface area contributed by atoms with Crippen molar-refractivity contribution in [2.24, 2.45) is 0 Å². The van der Waals surface area contributed by atoms with E-state index in [0.717, 1.165) is 0 Å². The highest BCUT2D eigenvalue weighted by atomic mass is 32.1. The minimum Gasteiger partial charge on any atom is -0.298 e. The fourth-order valence-corrected chi connectivity index (χ4v) is 1.93. The first kappa shape index (κ1) is 11.0. The zero-order chi connectivity index (χ0) is 11.5. The topological polar surface area (TPSA) is 20.3 Å². The molecule has 1 aromatic rings. The van der Waals surface area contributed by atoms with E-state index < -0.39 is 0 Å². The van der Waals surface area contributed by atoms with Gasteiger partial charge in [0.2, 0.25) is 0 Å². The maximum Gasteiger partial charge on any atom is 0.258 e.